The molecule has 1 saturated heterocycles. The van der Waals surface area contributed by atoms with Crippen LogP contribution < -0.4 is 5.73 Å². The average Bonchev–Trinajstić information content (AvgIpc) is 3.25. The molecule has 1 amide bonds. The van der Waals surface area contributed by atoms with E-state index in [9.17, 15) is 13.6 Å². The lowest BCUT2D eigenvalue weighted by Crippen LogP contribution is -2.38. The Morgan fingerprint density at radius 1 is 1.06 bits per heavy atom. The molecule has 0 spiro atoms. The molecule has 2 N–H and O–H groups in total. The second kappa shape index (κ2) is 10.7. The van der Waals surface area contributed by atoms with E-state index in [1.165, 1.54) is 6.07 Å². The van der Waals surface area contributed by atoms with E-state index in [-0.39, 0.29) is 17.3 Å². The molecule has 2 heterocycles. The third kappa shape index (κ3) is 5.62. The maximum absolute atomic E-state index is 14.1. The number of benzene rings is 2. The van der Waals surface area contributed by atoms with Crippen molar-refractivity contribution in [3.05, 3.63) is 65.4 Å². The number of primary amides is 1. The number of carbonyl (C=O) groups is 1. The summed E-state index contributed by atoms with van der Waals surface area (Å²) in [6, 6.07) is 10.6. The van der Waals surface area contributed by atoms with Crippen LogP contribution in [0.5, 0.6) is 0 Å². The molecule has 0 atom stereocenters. The van der Waals surface area contributed by atoms with Crippen molar-refractivity contribution in [1.82, 2.24) is 9.88 Å². The average molecular weight is 457 g/mol. The van der Waals surface area contributed by atoms with Gasteiger partial charge in [0.15, 0.2) is 11.5 Å². The van der Waals surface area contributed by atoms with E-state index < -0.39 is 23.1 Å². The summed E-state index contributed by atoms with van der Waals surface area (Å²) in [6.45, 7) is 5.53. The standard InChI is InChI=1S/C24H25F2N3O4/c25-18-2-1-3-19(26)20(18)24-28-21(23(27)30)22(33-24)17-6-4-16(5-7-17)8-12-31-13-9-29-10-14-32-15-11-29/h1-7H,8-15H2,(H2,27,30). The van der Waals surface area contributed by atoms with Crippen LogP contribution >= 0.6 is 0 Å². The van der Waals surface area contributed by atoms with Gasteiger partial charge in [0.25, 0.3) is 5.91 Å². The molecule has 4 rings (SSSR count). The highest BCUT2D eigenvalue weighted by atomic mass is 19.1. The summed E-state index contributed by atoms with van der Waals surface area (Å²) in [4.78, 5) is 18.1. The van der Waals surface area contributed by atoms with Gasteiger partial charge in [0.1, 0.15) is 17.2 Å². The van der Waals surface area contributed by atoms with Crippen LogP contribution in [-0.2, 0) is 15.9 Å². The number of halogens is 2. The first-order chi connectivity index (χ1) is 16.0. The van der Waals surface area contributed by atoms with Gasteiger partial charge in [0.05, 0.1) is 26.4 Å². The lowest BCUT2D eigenvalue weighted by atomic mass is 10.1. The van der Waals surface area contributed by atoms with Crippen molar-refractivity contribution in [3.63, 3.8) is 0 Å². The second-order valence-corrected chi connectivity index (χ2v) is 7.67. The highest BCUT2D eigenvalue weighted by Crippen LogP contribution is 2.32. The van der Waals surface area contributed by atoms with Gasteiger partial charge in [-0.05, 0) is 24.1 Å². The van der Waals surface area contributed by atoms with Crippen LogP contribution in [0.15, 0.2) is 46.9 Å². The minimum Gasteiger partial charge on any atom is -0.435 e. The van der Waals surface area contributed by atoms with Gasteiger partial charge >= 0.3 is 0 Å². The molecule has 174 valence electrons. The van der Waals surface area contributed by atoms with Crippen LogP contribution in [0.4, 0.5) is 8.78 Å². The van der Waals surface area contributed by atoms with Gasteiger partial charge in [-0.15, -0.1) is 0 Å². The van der Waals surface area contributed by atoms with Crippen LogP contribution in [0.2, 0.25) is 0 Å². The molecule has 1 aliphatic heterocycles. The Morgan fingerprint density at radius 3 is 2.42 bits per heavy atom. The summed E-state index contributed by atoms with van der Waals surface area (Å²) in [6.07, 6.45) is 0.716. The van der Waals surface area contributed by atoms with Crippen molar-refractivity contribution in [3.8, 4) is 22.8 Å². The Balaban J connectivity index is 1.40. The Bertz CT molecular complexity index is 1080. The molecule has 3 aromatic rings. The minimum atomic E-state index is -0.852. The van der Waals surface area contributed by atoms with E-state index in [1.54, 1.807) is 12.1 Å². The van der Waals surface area contributed by atoms with Crippen molar-refractivity contribution in [2.75, 3.05) is 46.1 Å². The normalized spacial score (nSPS) is 14.5. The van der Waals surface area contributed by atoms with Crippen molar-refractivity contribution in [2.45, 2.75) is 6.42 Å². The van der Waals surface area contributed by atoms with Crippen molar-refractivity contribution >= 4 is 5.91 Å². The predicted molar refractivity (Wildman–Crippen MR) is 118 cm³/mol. The number of rotatable bonds is 9. The molecular weight excluding hydrogens is 432 g/mol. The number of oxazole rings is 1. The molecule has 9 heteroatoms. The van der Waals surface area contributed by atoms with Gasteiger partial charge in [-0.3, -0.25) is 9.69 Å². The van der Waals surface area contributed by atoms with Crippen molar-refractivity contribution in [2.24, 2.45) is 5.73 Å². The summed E-state index contributed by atoms with van der Waals surface area (Å²) in [5, 5.41) is 0. The molecule has 2 aromatic carbocycles. The van der Waals surface area contributed by atoms with E-state index in [0.29, 0.717) is 25.2 Å². The monoisotopic (exact) mass is 457 g/mol. The van der Waals surface area contributed by atoms with Gasteiger partial charge in [-0.1, -0.05) is 30.3 Å². The van der Waals surface area contributed by atoms with Gasteiger partial charge < -0.3 is 19.6 Å². The summed E-state index contributed by atoms with van der Waals surface area (Å²) >= 11 is 0. The molecule has 33 heavy (non-hydrogen) atoms. The number of nitrogens with two attached hydrogens (primary N) is 1. The summed E-state index contributed by atoms with van der Waals surface area (Å²) < 4.78 is 44.9. The summed E-state index contributed by atoms with van der Waals surface area (Å²) in [5.41, 5.74) is 6.34. The highest BCUT2D eigenvalue weighted by molar-refractivity contribution is 5.97. The van der Waals surface area contributed by atoms with E-state index in [2.05, 4.69) is 9.88 Å². The molecule has 0 unspecified atom stereocenters. The first-order valence-corrected chi connectivity index (χ1v) is 10.7. The summed E-state index contributed by atoms with van der Waals surface area (Å²) in [5.74, 6) is -2.82. The van der Waals surface area contributed by atoms with Gasteiger partial charge in [0, 0.05) is 25.2 Å². The van der Waals surface area contributed by atoms with Crippen LogP contribution in [0.25, 0.3) is 22.8 Å². The molecule has 0 aliphatic carbocycles. The number of aromatic nitrogens is 1. The Morgan fingerprint density at radius 2 is 1.76 bits per heavy atom. The fraction of sp³-hybridized carbons (Fsp3) is 0.333. The molecule has 0 bridgehead atoms. The number of amides is 1. The Hall–Kier alpha value is -3.14. The Labute approximate surface area is 190 Å². The quantitative estimate of drug-likeness (QED) is 0.496. The van der Waals surface area contributed by atoms with E-state index in [1.807, 2.05) is 12.1 Å². The second-order valence-electron chi connectivity index (χ2n) is 7.67. The first kappa shape index (κ1) is 23.0. The zero-order chi connectivity index (χ0) is 23.2. The van der Waals surface area contributed by atoms with Crippen LogP contribution in [-0.4, -0.2) is 61.9 Å². The third-order valence-electron chi connectivity index (χ3n) is 5.44. The van der Waals surface area contributed by atoms with Crippen LogP contribution in [0, 0.1) is 11.6 Å². The SMILES string of the molecule is NC(=O)c1nc(-c2c(F)cccc2F)oc1-c1ccc(CCOCCN2CCOCC2)cc1. The van der Waals surface area contributed by atoms with Crippen molar-refractivity contribution < 1.29 is 27.5 Å². The van der Waals surface area contributed by atoms with Gasteiger partial charge in [-0.25, -0.2) is 13.8 Å². The molecule has 7 nitrogen and oxygen atoms in total. The molecular formula is C24H25F2N3O4. The zero-order valence-electron chi connectivity index (χ0n) is 18.1. The van der Waals surface area contributed by atoms with Gasteiger partial charge in [0.2, 0.25) is 5.89 Å². The number of nitrogens with zero attached hydrogens (tertiary/aromatic N) is 2. The third-order valence-corrected chi connectivity index (χ3v) is 5.44. The maximum Gasteiger partial charge on any atom is 0.271 e. The van der Waals surface area contributed by atoms with E-state index >= 15 is 0 Å². The zero-order valence-corrected chi connectivity index (χ0v) is 18.1. The molecule has 1 fully saturated rings. The topological polar surface area (TPSA) is 90.8 Å². The lowest BCUT2D eigenvalue weighted by molar-refractivity contribution is 0.0208. The molecule has 0 saturated carbocycles. The highest BCUT2D eigenvalue weighted by Gasteiger charge is 2.24. The predicted octanol–water partition coefficient (Wildman–Crippen LogP) is 3.28. The fourth-order valence-electron chi connectivity index (χ4n) is 3.63. The van der Waals surface area contributed by atoms with E-state index in [0.717, 1.165) is 50.5 Å². The van der Waals surface area contributed by atoms with Crippen molar-refractivity contribution in [1.29, 1.82) is 0 Å². The number of morpholine rings is 1. The minimum absolute atomic E-state index is 0.0634. The summed E-state index contributed by atoms with van der Waals surface area (Å²) in [7, 11) is 0. The van der Waals surface area contributed by atoms with E-state index in [4.69, 9.17) is 19.6 Å². The smallest absolute Gasteiger partial charge is 0.271 e. The fourth-order valence-corrected chi connectivity index (χ4v) is 3.63. The largest absolute Gasteiger partial charge is 0.435 e. The molecule has 1 aromatic heterocycles. The number of carbonyl (C=O) groups excluding carboxylic acids is 1. The van der Waals surface area contributed by atoms with Gasteiger partial charge in [-0.2, -0.15) is 0 Å². The molecule has 1 aliphatic rings. The van der Waals surface area contributed by atoms with Crippen LogP contribution in [0.3, 0.4) is 0 Å². The maximum atomic E-state index is 14.1. The number of ether oxygens (including phenoxy) is 2. The Kier molecular flexibility index (Phi) is 7.43. The lowest BCUT2D eigenvalue weighted by Gasteiger charge is -2.26. The van der Waals surface area contributed by atoms with Crippen LogP contribution in [0.1, 0.15) is 16.1 Å². The number of hydrogen-bond acceptors (Lipinski definition) is 6. The molecule has 0 radical (unpaired) electrons. The first-order valence-electron chi connectivity index (χ1n) is 10.7. The number of hydrogen-bond donors (Lipinski definition) is 1.